The number of hydrogen-bond acceptors (Lipinski definition) is 5. The molecule has 3 heterocycles. The lowest BCUT2D eigenvalue weighted by molar-refractivity contribution is -0.141. The molecule has 6 nitrogen and oxygen atoms in total. The number of rotatable bonds is 2. The van der Waals surface area contributed by atoms with Crippen molar-refractivity contribution < 1.29 is 18.0 Å². The van der Waals surface area contributed by atoms with Crippen LogP contribution in [0.2, 0.25) is 0 Å². The molecule has 1 spiro atoms. The average Bonchev–Trinajstić information content (AvgIpc) is 2.83. The molecular weight excluding hydrogens is 335 g/mol. The van der Waals surface area contributed by atoms with E-state index < -0.39 is 11.9 Å². The first-order valence-corrected chi connectivity index (χ1v) is 8.26. The summed E-state index contributed by atoms with van der Waals surface area (Å²) in [5.74, 6) is 0.438. The summed E-state index contributed by atoms with van der Waals surface area (Å²) in [4.78, 5) is 25.4. The zero-order valence-corrected chi connectivity index (χ0v) is 14.6. The minimum absolute atomic E-state index is 0.0761. The SMILES string of the molecule is CN1CCC2(CCN(c3nc(N(C)C)cc(C(F)(F)F)n3)CC2)C1=O. The quantitative estimate of drug-likeness (QED) is 0.811. The van der Waals surface area contributed by atoms with Crippen LogP contribution in [0.15, 0.2) is 6.07 Å². The third-order valence-corrected chi connectivity index (χ3v) is 5.18. The molecule has 2 saturated heterocycles. The molecule has 0 N–H and O–H groups in total. The van der Waals surface area contributed by atoms with Gasteiger partial charge < -0.3 is 14.7 Å². The summed E-state index contributed by atoms with van der Waals surface area (Å²) < 4.78 is 39.4. The minimum Gasteiger partial charge on any atom is -0.363 e. The second-order valence-corrected chi connectivity index (χ2v) is 7.05. The van der Waals surface area contributed by atoms with Crippen molar-refractivity contribution in [3.05, 3.63) is 11.8 Å². The third-order valence-electron chi connectivity index (χ3n) is 5.18. The van der Waals surface area contributed by atoms with E-state index in [0.717, 1.165) is 19.0 Å². The smallest absolute Gasteiger partial charge is 0.363 e. The predicted octanol–water partition coefficient (Wildman–Crippen LogP) is 2.01. The number of carbonyl (C=O) groups excluding carboxylic acids is 1. The van der Waals surface area contributed by atoms with Crippen LogP contribution >= 0.6 is 0 Å². The molecule has 1 aromatic rings. The Balaban J connectivity index is 1.83. The molecular formula is C16H22F3N5O. The van der Waals surface area contributed by atoms with E-state index in [1.54, 1.807) is 30.9 Å². The lowest BCUT2D eigenvalue weighted by Gasteiger charge is -2.38. The minimum atomic E-state index is -4.52. The molecule has 0 radical (unpaired) electrons. The number of halogens is 3. The van der Waals surface area contributed by atoms with Crippen molar-refractivity contribution >= 4 is 17.7 Å². The molecule has 1 amide bonds. The fraction of sp³-hybridized carbons (Fsp3) is 0.688. The van der Waals surface area contributed by atoms with Crippen molar-refractivity contribution in [1.29, 1.82) is 0 Å². The summed E-state index contributed by atoms with van der Waals surface area (Å²) in [5, 5.41) is 0. The normalized spacial score (nSPS) is 20.5. The maximum atomic E-state index is 13.1. The summed E-state index contributed by atoms with van der Waals surface area (Å²) in [6.45, 7) is 1.70. The summed E-state index contributed by atoms with van der Waals surface area (Å²) >= 11 is 0. The molecule has 0 saturated carbocycles. The van der Waals surface area contributed by atoms with Crippen molar-refractivity contribution in [3.8, 4) is 0 Å². The van der Waals surface area contributed by atoms with Gasteiger partial charge in [-0.3, -0.25) is 4.79 Å². The van der Waals surface area contributed by atoms with Crippen molar-refractivity contribution in [3.63, 3.8) is 0 Å². The molecule has 0 bridgehead atoms. The first kappa shape index (κ1) is 17.8. The summed E-state index contributed by atoms with van der Waals surface area (Å²) in [7, 11) is 5.08. The van der Waals surface area contributed by atoms with E-state index in [1.165, 1.54) is 4.90 Å². The number of anilines is 2. The van der Waals surface area contributed by atoms with Gasteiger partial charge >= 0.3 is 6.18 Å². The van der Waals surface area contributed by atoms with Crippen molar-refractivity contribution in [1.82, 2.24) is 14.9 Å². The Hall–Kier alpha value is -2.06. The van der Waals surface area contributed by atoms with E-state index in [9.17, 15) is 18.0 Å². The topological polar surface area (TPSA) is 52.6 Å². The standard InChI is InChI=1S/C16H22F3N5O/c1-22(2)12-10-11(16(17,18)19)20-14(21-12)24-8-5-15(6-9-24)4-7-23(3)13(15)25/h10H,4-9H2,1-3H3. The lowest BCUT2D eigenvalue weighted by Crippen LogP contribution is -2.44. The first-order chi connectivity index (χ1) is 11.6. The number of piperidine rings is 1. The first-order valence-electron chi connectivity index (χ1n) is 8.26. The molecule has 2 aliphatic heterocycles. The Labute approximate surface area is 144 Å². The van der Waals surface area contributed by atoms with Crippen molar-refractivity contribution in [2.45, 2.75) is 25.4 Å². The van der Waals surface area contributed by atoms with Gasteiger partial charge in [-0.2, -0.15) is 18.2 Å². The van der Waals surface area contributed by atoms with Gasteiger partial charge in [-0.25, -0.2) is 4.98 Å². The number of likely N-dealkylation sites (tertiary alicyclic amines) is 1. The highest BCUT2D eigenvalue weighted by molar-refractivity contribution is 5.84. The Bertz CT molecular complexity index is 668. The number of alkyl halides is 3. The van der Waals surface area contributed by atoms with Gasteiger partial charge in [-0.15, -0.1) is 0 Å². The number of aromatic nitrogens is 2. The molecule has 1 aromatic heterocycles. The monoisotopic (exact) mass is 357 g/mol. The van der Waals surface area contributed by atoms with Gasteiger partial charge in [0.15, 0.2) is 5.69 Å². The van der Waals surface area contributed by atoms with Gasteiger partial charge in [0.25, 0.3) is 0 Å². The van der Waals surface area contributed by atoms with Crippen LogP contribution in [0.25, 0.3) is 0 Å². The zero-order chi connectivity index (χ0) is 18.4. The highest BCUT2D eigenvalue weighted by atomic mass is 19.4. The van der Waals surface area contributed by atoms with Crippen LogP contribution in [0, 0.1) is 5.41 Å². The molecule has 2 fully saturated rings. The number of amides is 1. The molecule has 9 heteroatoms. The van der Waals surface area contributed by atoms with E-state index in [1.807, 2.05) is 0 Å². The van der Waals surface area contributed by atoms with Crippen LogP contribution in [0.1, 0.15) is 25.0 Å². The highest BCUT2D eigenvalue weighted by Gasteiger charge is 2.47. The van der Waals surface area contributed by atoms with Crippen LogP contribution in [0.3, 0.4) is 0 Å². The summed E-state index contributed by atoms with van der Waals surface area (Å²) in [5.41, 5.74) is -1.31. The van der Waals surface area contributed by atoms with Crippen molar-refractivity contribution in [2.75, 3.05) is 50.6 Å². The summed E-state index contributed by atoms with van der Waals surface area (Å²) in [6.07, 6.45) is -2.48. The third kappa shape index (κ3) is 3.23. The van der Waals surface area contributed by atoms with Crippen LogP contribution in [0.5, 0.6) is 0 Å². The number of hydrogen-bond donors (Lipinski definition) is 0. The van der Waals surface area contributed by atoms with Crippen molar-refractivity contribution in [2.24, 2.45) is 5.41 Å². The van der Waals surface area contributed by atoms with Gasteiger partial charge in [-0.05, 0) is 19.3 Å². The van der Waals surface area contributed by atoms with E-state index >= 15 is 0 Å². The maximum absolute atomic E-state index is 13.1. The molecule has 0 aromatic carbocycles. The van der Waals surface area contributed by atoms with E-state index in [-0.39, 0.29) is 23.1 Å². The van der Waals surface area contributed by atoms with Gasteiger partial charge in [0.2, 0.25) is 11.9 Å². The Kier molecular flexibility index (Phi) is 4.28. The van der Waals surface area contributed by atoms with Gasteiger partial charge in [-0.1, -0.05) is 0 Å². The summed E-state index contributed by atoms with van der Waals surface area (Å²) in [6, 6.07) is 0.949. The average molecular weight is 357 g/mol. The van der Waals surface area contributed by atoms with Crippen LogP contribution in [0.4, 0.5) is 24.9 Å². The molecule has 0 unspecified atom stereocenters. The van der Waals surface area contributed by atoms with E-state index in [4.69, 9.17) is 0 Å². The fourth-order valence-electron chi connectivity index (χ4n) is 3.53. The van der Waals surface area contributed by atoms with Gasteiger partial charge in [0.1, 0.15) is 5.82 Å². The van der Waals surface area contributed by atoms with Gasteiger partial charge in [0.05, 0.1) is 5.41 Å². The van der Waals surface area contributed by atoms with Crippen LogP contribution in [-0.2, 0) is 11.0 Å². The largest absolute Gasteiger partial charge is 0.433 e. The number of carbonyl (C=O) groups is 1. The van der Waals surface area contributed by atoms with Crippen LogP contribution < -0.4 is 9.80 Å². The number of nitrogens with zero attached hydrogens (tertiary/aromatic N) is 5. The van der Waals surface area contributed by atoms with E-state index in [0.29, 0.717) is 25.9 Å². The Morgan fingerprint density at radius 2 is 1.72 bits per heavy atom. The second kappa shape index (κ2) is 6.03. The lowest BCUT2D eigenvalue weighted by atomic mass is 9.77. The molecule has 0 aliphatic carbocycles. The van der Waals surface area contributed by atoms with Gasteiger partial charge in [0, 0.05) is 46.8 Å². The van der Waals surface area contributed by atoms with E-state index in [2.05, 4.69) is 9.97 Å². The molecule has 0 atom stereocenters. The maximum Gasteiger partial charge on any atom is 0.433 e. The highest BCUT2D eigenvalue weighted by Crippen LogP contribution is 2.42. The molecule has 25 heavy (non-hydrogen) atoms. The predicted molar refractivity (Wildman–Crippen MR) is 87.5 cm³/mol. The Morgan fingerprint density at radius 1 is 1.12 bits per heavy atom. The Morgan fingerprint density at radius 3 is 2.20 bits per heavy atom. The molecule has 138 valence electrons. The van der Waals surface area contributed by atoms with Crippen LogP contribution in [-0.4, -0.2) is 61.6 Å². The fourth-order valence-corrected chi connectivity index (χ4v) is 3.53. The molecule has 2 aliphatic rings. The zero-order valence-electron chi connectivity index (χ0n) is 14.6. The molecule has 3 rings (SSSR count). The second-order valence-electron chi connectivity index (χ2n) is 7.05.